The van der Waals surface area contributed by atoms with Gasteiger partial charge in [0.2, 0.25) is 0 Å². The third-order valence-corrected chi connectivity index (χ3v) is 17.4. The van der Waals surface area contributed by atoms with Crippen molar-refractivity contribution in [3.63, 3.8) is 0 Å². The van der Waals surface area contributed by atoms with Crippen molar-refractivity contribution in [2.45, 2.75) is 67.2 Å². The van der Waals surface area contributed by atoms with Crippen molar-refractivity contribution in [3.05, 3.63) is 127 Å². The van der Waals surface area contributed by atoms with Gasteiger partial charge in [-0.1, -0.05) is 22.5 Å². The largest absolute Gasteiger partial charge is 0.491 e. The normalized spacial score (nSPS) is 11.9. The number of anilines is 4. The van der Waals surface area contributed by atoms with Crippen LogP contribution in [0.4, 0.5) is 23.0 Å². The molecule has 364 valence electrons. The summed E-state index contributed by atoms with van der Waals surface area (Å²) in [6.45, 7) is 14.0. The first-order valence-corrected chi connectivity index (χ1v) is 27.4. The molecule has 21 heteroatoms. The van der Waals surface area contributed by atoms with Crippen LogP contribution in [0.1, 0.15) is 47.1 Å². The number of fused-ring (bicyclic) bond motifs is 4. The van der Waals surface area contributed by atoms with Crippen LogP contribution >= 0.6 is 38.6 Å². The summed E-state index contributed by atoms with van der Waals surface area (Å²) in [6.07, 6.45) is 8.24. The molecule has 0 radical (unpaired) electrons. The van der Waals surface area contributed by atoms with Gasteiger partial charge in [0.15, 0.2) is 19.7 Å². The van der Waals surface area contributed by atoms with Gasteiger partial charge in [-0.2, -0.15) is 0 Å². The average molecular weight is 1090 g/mol. The van der Waals surface area contributed by atoms with E-state index in [-0.39, 0.29) is 27.9 Å². The molecule has 9 aromatic rings. The maximum atomic E-state index is 13.3. The van der Waals surface area contributed by atoms with Crippen LogP contribution in [-0.2, 0) is 26.1 Å². The lowest BCUT2D eigenvalue weighted by molar-refractivity contribution is 0.299. The number of aliphatic hydroxyl groups excluding tert-OH is 1. The van der Waals surface area contributed by atoms with Crippen molar-refractivity contribution in [2.24, 2.45) is 0 Å². The molecular formula is C49H50BrN9O7S4. The molecule has 9 rings (SSSR count). The lowest BCUT2D eigenvalue weighted by Crippen LogP contribution is -2.28. The molecule has 0 spiro atoms. The van der Waals surface area contributed by atoms with Crippen LogP contribution in [-0.4, -0.2) is 84.9 Å². The van der Waals surface area contributed by atoms with Gasteiger partial charge in [0, 0.05) is 58.6 Å². The summed E-state index contributed by atoms with van der Waals surface area (Å²) in [5.74, 6) is 1.47. The number of aromatic nitrogens is 7. The smallest absolute Gasteiger partial charge is 0.186 e. The minimum Gasteiger partial charge on any atom is -0.491 e. The van der Waals surface area contributed by atoms with E-state index in [1.165, 1.54) is 18.9 Å². The summed E-state index contributed by atoms with van der Waals surface area (Å²) in [5, 5.41) is 16.8. The van der Waals surface area contributed by atoms with Gasteiger partial charge >= 0.3 is 0 Å². The number of ether oxygens (including phenoxy) is 2. The fourth-order valence-electron chi connectivity index (χ4n) is 6.67. The Morgan fingerprint density at radius 3 is 1.60 bits per heavy atom. The van der Waals surface area contributed by atoms with Crippen LogP contribution in [0.3, 0.4) is 0 Å². The third kappa shape index (κ3) is 11.7. The van der Waals surface area contributed by atoms with Gasteiger partial charge < -0.3 is 25.2 Å². The summed E-state index contributed by atoms with van der Waals surface area (Å²) < 4.78 is 64.4. The van der Waals surface area contributed by atoms with Crippen molar-refractivity contribution in [3.8, 4) is 11.5 Å². The minimum atomic E-state index is -3.70. The SMILES string of the molecule is C=COc1cc2ncnc(Nc3ccc4scnc4c3)c2cc1S(=O)(=O)C(C)(C)C.CC(C)(C)S(=O)(=O)c1cc2c(Nc3ccc4scnc4c3)ncnc2cc1OCCBr.OCCc1ccncc1. The highest BCUT2D eigenvalue weighted by atomic mass is 79.9. The van der Waals surface area contributed by atoms with Crippen LogP contribution in [0.2, 0.25) is 0 Å². The van der Waals surface area contributed by atoms with Gasteiger partial charge in [-0.3, -0.25) is 4.98 Å². The molecule has 16 nitrogen and oxygen atoms in total. The maximum absolute atomic E-state index is 13.3. The zero-order chi connectivity index (χ0) is 50.3. The Morgan fingerprint density at radius 1 is 0.657 bits per heavy atom. The van der Waals surface area contributed by atoms with E-state index in [4.69, 9.17) is 14.6 Å². The highest BCUT2D eigenvalue weighted by Gasteiger charge is 2.35. The maximum Gasteiger partial charge on any atom is 0.186 e. The first-order valence-electron chi connectivity index (χ1n) is 21.6. The Balaban J connectivity index is 0.000000175. The number of aliphatic hydroxyl groups is 1. The van der Waals surface area contributed by atoms with Gasteiger partial charge in [-0.25, -0.2) is 46.7 Å². The predicted molar refractivity (Wildman–Crippen MR) is 284 cm³/mol. The van der Waals surface area contributed by atoms with E-state index >= 15 is 0 Å². The number of hydrogen-bond donors (Lipinski definition) is 3. The van der Waals surface area contributed by atoms with Gasteiger partial charge in [-0.05, 0) is 114 Å². The second kappa shape index (κ2) is 21.8. The van der Waals surface area contributed by atoms with Gasteiger partial charge in [0.1, 0.15) is 45.6 Å². The Bertz CT molecular complexity index is 3530. The molecular weight excluding hydrogens is 1030 g/mol. The standard InChI is InChI=1S/C21H21BrN4O3S2.C21H20N4O3S2.C7H9NO/c1-21(2,3)31(27,28)19-9-14-15(10-17(19)29-7-6-22)23-11-24-20(14)26-13-4-5-18-16(8-13)25-12-30-18;1-5-28-17-10-15-14(9-19(17)30(26,27)21(2,3)4)20(23-11-22-15)25-13-6-7-18-16(8-13)24-12-29-18;9-6-3-7-1-4-8-5-2-7/h4-5,8-12H,6-7H2,1-3H3,(H,23,24,26);5-12H,1H2,2-4H3,(H,22,23,25);1-2,4-5,9H,3,6H2. The first-order chi connectivity index (χ1) is 33.3. The number of alkyl halides is 1. The molecule has 0 unspecified atom stereocenters. The van der Waals surface area contributed by atoms with Crippen LogP contribution in [0.25, 0.3) is 42.2 Å². The number of nitrogens with one attached hydrogen (secondary N) is 2. The fraction of sp³-hybridized carbons (Fsp3) is 0.245. The van der Waals surface area contributed by atoms with Crippen molar-refractivity contribution >= 4 is 124 Å². The molecule has 0 fully saturated rings. The number of rotatable bonds is 13. The molecule has 0 aliphatic heterocycles. The average Bonchev–Trinajstić information content (AvgIpc) is 4.00. The zero-order valence-corrected chi connectivity index (χ0v) is 43.9. The van der Waals surface area contributed by atoms with Gasteiger partial charge in [0.05, 0.1) is 64.9 Å². The van der Waals surface area contributed by atoms with Crippen molar-refractivity contribution in [1.82, 2.24) is 34.9 Å². The molecule has 0 saturated carbocycles. The molecule has 0 aliphatic carbocycles. The number of pyridine rings is 1. The molecule has 0 amide bonds. The Kier molecular flexibility index (Phi) is 16.1. The van der Waals surface area contributed by atoms with Gasteiger partial charge in [0.25, 0.3) is 0 Å². The molecule has 4 aromatic carbocycles. The van der Waals surface area contributed by atoms with E-state index < -0.39 is 29.2 Å². The van der Waals surface area contributed by atoms with E-state index in [1.54, 1.807) is 112 Å². The molecule has 0 bridgehead atoms. The monoisotopic (exact) mass is 1080 g/mol. The highest BCUT2D eigenvalue weighted by molar-refractivity contribution is 9.09. The van der Waals surface area contributed by atoms with E-state index in [2.05, 4.69) is 68.0 Å². The minimum absolute atomic E-state index is 0.0650. The van der Waals surface area contributed by atoms with Crippen molar-refractivity contribution in [2.75, 3.05) is 29.2 Å². The van der Waals surface area contributed by atoms with Crippen molar-refractivity contribution < 1.29 is 31.4 Å². The number of sulfone groups is 2. The summed E-state index contributed by atoms with van der Waals surface area (Å²) in [7, 11) is -7.37. The van der Waals surface area contributed by atoms with Crippen LogP contribution in [0.15, 0.2) is 131 Å². The van der Waals surface area contributed by atoms with Gasteiger partial charge in [-0.15, -0.1) is 22.7 Å². The molecule has 0 atom stereocenters. The Labute approximate surface area is 422 Å². The molecule has 70 heavy (non-hydrogen) atoms. The van der Waals surface area contributed by atoms with E-state index in [0.717, 1.165) is 43.8 Å². The van der Waals surface area contributed by atoms with E-state index in [1.807, 2.05) is 48.5 Å². The number of benzene rings is 4. The topological polar surface area (TPSA) is 221 Å². The predicted octanol–water partition coefficient (Wildman–Crippen LogP) is 11.0. The fourth-order valence-corrected chi connectivity index (χ4v) is 10.8. The summed E-state index contributed by atoms with van der Waals surface area (Å²) in [6, 6.07) is 21.9. The number of nitrogens with zero attached hydrogens (tertiary/aromatic N) is 7. The van der Waals surface area contributed by atoms with Crippen LogP contribution < -0.4 is 20.1 Å². The molecule has 3 N–H and O–H groups in total. The second-order valence-corrected chi connectivity index (χ2v) is 25.2. The van der Waals surface area contributed by atoms with Crippen LogP contribution in [0.5, 0.6) is 11.5 Å². The first kappa shape index (κ1) is 51.6. The van der Waals surface area contributed by atoms with Crippen LogP contribution in [0, 0.1) is 0 Å². The molecule has 0 saturated heterocycles. The highest BCUT2D eigenvalue weighted by Crippen LogP contribution is 2.39. The summed E-state index contributed by atoms with van der Waals surface area (Å²) in [4.78, 5) is 30.0. The Hall–Kier alpha value is -6.23. The van der Waals surface area contributed by atoms with Crippen molar-refractivity contribution in [1.29, 1.82) is 0 Å². The number of thiazole rings is 2. The molecule has 5 aromatic heterocycles. The lowest BCUT2D eigenvalue weighted by atomic mass is 10.2. The van der Waals surface area contributed by atoms with E-state index in [9.17, 15) is 16.8 Å². The third-order valence-electron chi connectivity index (χ3n) is 10.5. The number of hydrogen-bond acceptors (Lipinski definition) is 18. The number of halogens is 1. The zero-order valence-electron chi connectivity index (χ0n) is 39.0. The Morgan fingerprint density at radius 2 is 1.14 bits per heavy atom. The molecule has 5 heterocycles. The molecule has 0 aliphatic rings. The van der Waals surface area contributed by atoms with E-state index in [0.29, 0.717) is 45.4 Å². The quantitative estimate of drug-likeness (QED) is 0.0722. The summed E-state index contributed by atoms with van der Waals surface area (Å²) >= 11 is 6.46. The lowest BCUT2D eigenvalue weighted by Gasteiger charge is -2.22. The second-order valence-electron chi connectivity index (χ2n) is 17.3. The summed E-state index contributed by atoms with van der Waals surface area (Å²) in [5.41, 5.74) is 9.21.